The summed E-state index contributed by atoms with van der Waals surface area (Å²) in [5.74, 6) is 0.861. The topological polar surface area (TPSA) is 38.5 Å². The highest BCUT2D eigenvalue weighted by atomic mass is 79.9. The molecule has 2 aromatic carbocycles. The minimum Gasteiger partial charge on any atom is -0.497 e. The van der Waals surface area contributed by atoms with Gasteiger partial charge in [-0.1, -0.05) is 15.9 Å². The van der Waals surface area contributed by atoms with Gasteiger partial charge in [0, 0.05) is 22.9 Å². The maximum absolute atomic E-state index is 5.71. The Hall–Kier alpha value is -1.52. The Bertz CT molecular complexity index is 569. The highest BCUT2D eigenvalue weighted by Gasteiger charge is 2.09. The van der Waals surface area contributed by atoms with Gasteiger partial charge in [-0.2, -0.15) is 0 Å². The number of hydrogen-bond acceptors (Lipinski definition) is 3. The van der Waals surface area contributed by atoms with Gasteiger partial charge in [-0.25, -0.2) is 0 Å². The Morgan fingerprint density at radius 2 is 1.85 bits per heavy atom. The molecule has 2 aromatic rings. The third-order valence-corrected chi connectivity index (χ3v) is 3.77. The molecular formula is C16H19BrN2O. The summed E-state index contributed by atoms with van der Waals surface area (Å²) >= 11 is 3.51. The van der Waals surface area contributed by atoms with Crippen molar-refractivity contribution in [2.45, 2.75) is 6.42 Å². The van der Waals surface area contributed by atoms with Crippen molar-refractivity contribution in [1.82, 2.24) is 0 Å². The lowest BCUT2D eigenvalue weighted by Gasteiger charge is -2.23. The molecule has 0 aromatic heterocycles. The maximum Gasteiger partial charge on any atom is 0.119 e. The first kappa shape index (κ1) is 14.9. The zero-order valence-electron chi connectivity index (χ0n) is 11.8. The third kappa shape index (κ3) is 3.32. The van der Waals surface area contributed by atoms with Crippen LogP contribution in [0.4, 0.5) is 11.4 Å². The molecule has 0 unspecified atom stereocenters. The number of methoxy groups -OCH3 is 1. The van der Waals surface area contributed by atoms with Crippen LogP contribution < -0.4 is 15.4 Å². The van der Waals surface area contributed by atoms with Crippen molar-refractivity contribution < 1.29 is 4.74 Å². The maximum atomic E-state index is 5.71. The first-order valence-electron chi connectivity index (χ1n) is 6.52. The van der Waals surface area contributed by atoms with E-state index in [2.05, 4.69) is 46.1 Å². The standard InChI is InChI=1S/C16H19BrN2O/c1-19(14-4-6-15(20-2)7-5-14)16-8-3-13(17)11-12(16)9-10-18/h3-8,11H,9-10,18H2,1-2H3. The van der Waals surface area contributed by atoms with Crippen LogP contribution in [0.15, 0.2) is 46.9 Å². The second kappa shape index (κ2) is 6.77. The smallest absolute Gasteiger partial charge is 0.119 e. The molecular weight excluding hydrogens is 316 g/mol. The molecule has 2 N–H and O–H groups in total. The van der Waals surface area contributed by atoms with E-state index in [1.807, 2.05) is 24.3 Å². The van der Waals surface area contributed by atoms with Crippen molar-refractivity contribution in [3.8, 4) is 5.75 Å². The van der Waals surface area contributed by atoms with E-state index in [-0.39, 0.29) is 0 Å². The average Bonchev–Trinajstić information content (AvgIpc) is 2.47. The summed E-state index contributed by atoms with van der Waals surface area (Å²) in [5.41, 5.74) is 9.23. The van der Waals surface area contributed by atoms with Crippen LogP contribution in [0.5, 0.6) is 5.75 Å². The molecule has 0 aliphatic carbocycles. The van der Waals surface area contributed by atoms with E-state index in [4.69, 9.17) is 10.5 Å². The normalized spacial score (nSPS) is 10.4. The summed E-state index contributed by atoms with van der Waals surface area (Å²) in [7, 11) is 3.73. The van der Waals surface area contributed by atoms with Gasteiger partial charge in [0.05, 0.1) is 7.11 Å². The fourth-order valence-electron chi connectivity index (χ4n) is 2.18. The summed E-state index contributed by atoms with van der Waals surface area (Å²) in [4.78, 5) is 2.16. The van der Waals surface area contributed by atoms with Crippen LogP contribution in [0.3, 0.4) is 0 Å². The van der Waals surface area contributed by atoms with Gasteiger partial charge < -0.3 is 15.4 Å². The Morgan fingerprint density at radius 1 is 1.15 bits per heavy atom. The van der Waals surface area contributed by atoms with E-state index in [1.165, 1.54) is 11.3 Å². The largest absolute Gasteiger partial charge is 0.497 e. The van der Waals surface area contributed by atoms with E-state index in [0.717, 1.165) is 22.3 Å². The fourth-order valence-corrected chi connectivity index (χ4v) is 2.59. The van der Waals surface area contributed by atoms with Gasteiger partial charge in [-0.3, -0.25) is 0 Å². The molecule has 0 fully saturated rings. The SMILES string of the molecule is COc1ccc(N(C)c2ccc(Br)cc2CCN)cc1. The molecule has 0 atom stereocenters. The van der Waals surface area contributed by atoms with Crippen molar-refractivity contribution in [1.29, 1.82) is 0 Å². The van der Waals surface area contributed by atoms with Crippen molar-refractivity contribution in [3.05, 3.63) is 52.5 Å². The summed E-state index contributed by atoms with van der Waals surface area (Å²) in [6, 6.07) is 14.3. The summed E-state index contributed by atoms with van der Waals surface area (Å²) in [6.45, 7) is 0.639. The van der Waals surface area contributed by atoms with Gasteiger partial charge in [-0.05, 0) is 61.0 Å². The number of nitrogens with zero attached hydrogens (tertiary/aromatic N) is 1. The van der Waals surface area contributed by atoms with Gasteiger partial charge in [0.2, 0.25) is 0 Å². The zero-order chi connectivity index (χ0) is 14.5. The molecule has 0 aliphatic rings. The molecule has 0 aliphatic heterocycles. The number of anilines is 2. The van der Waals surface area contributed by atoms with Crippen molar-refractivity contribution in [2.24, 2.45) is 5.73 Å². The molecule has 2 rings (SSSR count). The lowest BCUT2D eigenvalue weighted by Crippen LogP contribution is -2.13. The molecule has 4 heteroatoms. The molecule has 0 radical (unpaired) electrons. The first-order valence-corrected chi connectivity index (χ1v) is 7.31. The number of nitrogens with two attached hydrogens (primary N) is 1. The van der Waals surface area contributed by atoms with Gasteiger partial charge >= 0.3 is 0 Å². The van der Waals surface area contributed by atoms with Crippen molar-refractivity contribution in [2.75, 3.05) is 25.6 Å². The van der Waals surface area contributed by atoms with Gasteiger partial charge in [0.1, 0.15) is 5.75 Å². The van der Waals surface area contributed by atoms with Crippen LogP contribution in [0.25, 0.3) is 0 Å². The number of benzene rings is 2. The van der Waals surface area contributed by atoms with Gasteiger partial charge in [0.15, 0.2) is 0 Å². The quantitative estimate of drug-likeness (QED) is 0.905. The third-order valence-electron chi connectivity index (χ3n) is 3.28. The average molecular weight is 335 g/mol. The minimum absolute atomic E-state index is 0.639. The van der Waals surface area contributed by atoms with Crippen molar-refractivity contribution in [3.63, 3.8) is 0 Å². The summed E-state index contributed by atoms with van der Waals surface area (Å²) in [5, 5.41) is 0. The Labute approximate surface area is 128 Å². The highest BCUT2D eigenvalue weighted by molar-refractivity contribution is 9.10. The molecule has 20 heavy (non-hydrogen) atoms. The second-order valence-electron chi connectivity index (χ2n) is 4.57. The minimum atomic E-state index is 0.639. The number of ether oxygens (including phenoxy) is 1. The van der Waals surface area contributed by atoms with Crippen molar-refractivity contribution >= 4 is 27.3 Å². The van der Waals surface area contributed by atoms with E-state index < -0.39 is 0 Å². The fraction of sp³-hybridized carbons (Fsp3) is 0.250. The van der Waals surface area contributed by atoms with Crippen LogP contribution in [-0.2, 0) is 6.42 Å². The lowest BCUT2D eigenvalue weighted by atomic mass is 10.1. The van der Waals surface area contributed by atoms with E-state index in [0.29, 0.717) is 6.54 Å². The van der Waals surface area contributed by atoms with Crippen LogP contribution in [-0.4, -0.2) is 20.7 Å². The first-order chi connectivity index (χ1) is 9.65. The van der Waals surface area contributed by atoms with E-state index >= 15 is 0 Å². The number of halogens is 1. The van der Waals surface area contributed by atoms with Gasteiger partial charge in [0.25, 0.3) is 0 Å². The predicted octanol–water partition coefficient (Wildman–Crippen LogP) is 3.73. The van der Waals surface area contributed by atoms with Gasteiger partial charge in [-0.15, -0.1) is 0 Å². The Kier molecular flexibility index (Phi) is 5.04. The number of rotatable bonds is 5. The van der Waals surface area contributed by atoms with Crippen LogP contribution in [0.2, 0.25) is 0 Å². The molecule has 0 heterocycles. The Morgan fingerprint density at radius 3 is 2.45 bits per heavy atom. The molecule has 106 valence electrons. The van der Waals surface area contributed by atoms with Crippen LogP contribution in [0.1, 0.15) is 5.56 Å². The molecule has 0 saturated heterocycles. The molecule has 0 bridgehead atoms. The van der Waals surface area contributed by atoms with E-state index in [9.17, 15) is 0 Å². The zero-order valence-corrected chi connectivity index (χ0v) is 13.4. The summed E-state index contributed by atoms with van der Waals surface area (Å²) < 4.78 is 6.27. The van der Waals surface area contributed by atoms with Crippen LogP contribution >= 0.6 is 15.9 Å². The van der Waals surface area contributed by atoms with Crippen LogP contribution in [0, 0.1) is 0 Å². The predicted molar refractivity (Wildman–Crippen MR) is 88.0 cm³/mol. The molecule has 3 nitrogen and oxygen atoms in total. The number of hydrogen-bond donors (Lipinski definition) is 1. The molecule has 0 saturated carbocycles. The molecule has 0 amide bonds. The Balaban J connectivity index is 2.33. The monoisotopic (exact) mass is 334 g/mol. The molecule has 0 spiro atoms. The summed E-state index contributed by atoms with van der Waals surface area (Å²) in [6.07, 6.45) is 0.856. The highest BCUT2D eigenvalue weighted by Crippen LogP contribution is 2.30. The second-order valence-corrected chi connectivity index (χ2v) is 5.48. The lowest BCUT2D eigenvalue weighted by molar-refractivity contribution is 0.415. The van der Waals surface area contributed by atoms with E-state index in [1.54, 1.807) is 7.11 Å².